The highest BCUT2D eigenvalue weighted by Crippen LogP contribution is 2.38. The molecule has 2 nitrogen and oxygen atoms in total. The van der Waals surface area contributed by atoms with E-state index in [4.69, 9.17) is 0 Å². The van der Waals surface area contributed by atoms with Crippen LogP contribution in [0.25, 0.3) is 22.3 Å². The second kappa shape index (κ2) is 9.12. The van der Waals surface area contributed by atoms with Crippen LogP contribution in [0, 0.1) is 25.5 Å². The van der Waals surface area contributed by atoms with Crippen molar-refractivity contribution in [1.29, 1.82) is 0 Å². The van der Waals surface area contributed by atoms with Crippen LogP contribution in [0.2, 0.25) is 0 Å². The fourth-order valence-corrected chi connectivity index (χ4v) is 5.81. The molecule has 4 aromatic carbocycles. The van der Waals surface area contributed by atoms with E-state index < -0.39 is 21.5 Å². The van der Waals surface area contributed by atoms with Crippen molar-refractivity contribution in [2.45, 2.75) is 23.6 Å². The van der Waals surface area contributed by atoms with Crippen molar-refractivity contribution in [3.63, 3.8) is 0 Å². The molecule has 0 heterocycles. The molecular formula is C26H18Br2F2O2S. The number of benzene rings is 4. The summed E-state index contributed by atoms with van der Waals surface area (Å²) in [4.78, 5) is 0.106. The van der Waals surface area contributed by atoms with E-state index >= 15 is 0 Å². The fourth-order valence-electron chi connectivity index (χ4n) is 3.65. The predicted octanol–water partition coefficient (Wildman–Crippen LogP) is 8.27. The summed E-state index contributed by atoms with van der Waals surface area (Å²) in [7, 11) is -4.04. The molecule has 0 radical (unpaired) electrons. The van der Waals surface area contributed by atoms with E-state index in [1.807, 2.05) is 13.8 Å². The Morgan fingerprint density at radius 1 is 0.606 bits per heavy atom. The summed E-state index contributed by atoms with van der Waals surface area (Å²) in [5.74, 6) is -0.975. The Labute approximate surface area is 208 Å². The molecule has 7 heteroatoms. The van der Waals surface area contributed by atoms with Gasteiger partial charge in [0.15, 0.2) is 0 Å². The van der Waals surface area contributed by atoms with E-state index in [0.717, 1.165) is 11.1 Å². The molecule has 0 saturated heterocycles. The van der Waals surface area contributed by atoms with Gasteiger partial charge in [0.25, 0.3) is 0 Å². The van der Waals surface area contributed by atoms with E-state index in [1.54, 1.807) is 48.5 Å². The molecule has 33 heavy (non-hydrogen) atoms. The van der Waals surface area contributed by atoms with Gasteiger partial charge in [-0.3, -0.25) is 0 Å². The number of halogens is 4. The van der Waals surface area contributed by atoms with E-state index in [9.17, 15) is 17.2 Å². The molecule has 0 saturated carbocycles. The van der Waals surface area contributed by atoms with Gasteiger partial charge in [-0.25, -0.2) is 17.2 Å². The summed E-state index contributed by atoms with van der Waals surface area (Å²) in [6.07, 6.45) is 0. The zero-order chi connectivity index (χ0) is 23.9. The predicted molar refractivity (Wildman–Crippen MR) is 134 cm³/mol. The van der Waals surface area contributed by atoms with E-state index in [0.29, 0.717) is 31.2 Å². The van der Waals surface area contributed by atoms with Gasteiger partial charge in [-0.15, -0.1) is 0 Å². The van der Waals surface area contributed by atoms with Crippen molar-refractivity contribution in [3.05, 3.63) is 105 Å². The van der Waals surface area contributed by atoms with E-state index in [-0.39, 0.29) is 9.79 Å². The minimum Gasteiger partial charge on any atom is -0.218 e. The van der Waals surface area contributed by atoms with Crippen LogP contribution in [0.1, 0.15) is 11.1 Å². The third-order valence-corrected chi connectivity index (χ3v) is 8.47. The lowest BCUT2D eigenvalue weighted by molar-refractivity contribution is 0.596. The Morgan fingerprint density at radius 3 is 1.36 bits per heavy atom. The Balaban J connectivity index is 1.97. The second-order valence-corrected chi connectivity index (χ2v) is 11.4. The summed E-state index contributed by atoms with van der Waals surface area (Å²) in [6, 6.07) is 19.0. The van der Waals surface area contributed by atoms with Crippen LogP contribution in [0.3, 0.4) is 0 Å². The Hall–Kier alpha value is -2.35. The molecule has 4 aromatic rings. The highest BCUT2D eigenvalue weighted by Gasteiger charge is 2.26. The molecule has 0 unspecified atom stereocenters. The molecule has 0 N–H and O–H groups in total. The summed E-state index contributed by atoms with van der Waals surface area (Å²) in [5, 5.41) is 0. The smallest absolute Gasteiger partial charge is 0.207 e. The summed E-state index contributed by atoms with van der Waals surface area (Å²) in [5.41, 5.74) is 3.37. The second-order valence-electron chi connectivity index (χ2n) is 7.76. The van der Waals surface area contributed by atoms with Gasteiger partial charge in [0, 0.05) is 11.1 Å². The monoisotopic (exact) mass is 590 g/mol. The largest absolute Gasteiger partial charge is 0.218 e. The number of hydrogen-bond donors (Lipinski definition) is 0. The van der Waals surface area contributed by atoms with Gasteiger partial charge in [-0.05, 0) is 93.2 Å². The van der Waals surface area contributed by atoms with Crippen LogP contribution in [0.5, 0.6) is 0 Å². The highest BCUT2D eigenvalue weighted by atomic mass is 79.9. The summed E-state index contributed by atoms with van der Waals surface area (Å²) in [6.45, 7) is 3.69. The van der Waals surface area contributed by atoms with Crippen molar-refractivity contribution in [1.82, 2.24) is 0 Å². The molecule has 0 fully saturated rings. The normalized spacial score (nSPS) is 11.6. The molecule has 0 amide bonds. The SMILES string of the molecule is Cc1ccc(S(=O)(=O)c2ccc(C)cc2-c2ccc(Br)c(F)c2)c(-c2ccc(Br)c(F)c2)c1. The molecule has 0 aliphatic rings. The minimum absolute atomic E-state index is 0.0532. The first-order valence-electron chi connectivity index (χ1n) is 9.95. The molecule has 168 valence electrons. The van der Waals surface area contributed by atoms with Gasteiger partial charge in [-0.2, -0.15) is 0 Å². The van der Waals surface area contributed by atoms with Crippen molar-refractivity contribution in [2.24, 2.45) is 0 Å². The van der Waals surface area contributed by atoms with E-state index in [1.165, 1.54) is 24.3 Å². The maximum atomic E-state index is 14.3. The van der Waals surface area contributed by atoms with Crippen LogP contribution in [-0.4, -0.2) is 8.42 Å². The van der Waals surface area contributed by atoms with Crippen LogP contribution in [0.4, 0.5) is 8.78 Å². The van der Waals surface area contributed by atoms with Gasteiger partial charge in [0.05, 0.1) is 18.7 Å². The summed E-state index contributed by atoms with van der Waals surface area (Å²) < 4.78 is 57.0. The van der Waals surface area contributed by atoms with Crippen molar-refractivity contribution in [2.75, 3.05) is 0 Å². The fraction of sp³-hybridized carbons (Fsp3) is 0.0769. The zero-order valence-corrected chi connectivity index (χ0v) is 21.7. The van der Waals surface area contributed by atoms with Gasteiger partial charge in [-0.1, -0.05) is 47.5 Å². The van der Waals surface area contributed by atoms with Gasteiger partial charge >= 0.3 is 0 Å². The van der Waals surface area contributed by atoms with Crippen LogP contribution >= 0.6 is 31.9 Å². The van der Waals surface area contributed by atoms with E-state index in [2.05, 4.69) is 31.9 Å². The van der Waals surface area contributed by atoms with Gasteiger partial charge in [0.1, 0.15) is 11.6 Å². The molecule has 0 atom stereocenters. The average molecular weight is 592 g/mol. The van der Waals surface area contributed by atoms with Crippen molar-refractivity contribution < 1.29 is 17.2 Å². The standard InChI is InChI=1S/C26H18Br2F2O2S/c1-15-3-9-25(19(11-15)17-5-7-21(27)23(29)13-17)33(31,32)26-10-4-16(2)12-20(26)18-6-8-22(28)24(30)14-18/h3-14H,1-2H3. The van der Waals surface area contributed by atoms with Crippen molar-refractivity contribution in [3.8, 4) is 22.3 Å². The van der Waals surface area contributed by atoms with Crippen LogP contribution < -0.4 is 0 Å². The molecule has 0 aliphatic heterocycles. The maximum absolute atomic E-state index is 14.3. The number of hydrogen-bond acceptors (Lipinski definition) is 2. The zero-order valence-electron chi connectivity index (χ0n) is 17.7. The first kappa shape index (κ1) is 23.8. The average Bonchev–Trinajstić information content (AvgIpc) is 2.77. The number of aryl methyl sites for hydroxylation is 2. The van der Waals surface area contributed by atoms with Crippen LogP contribution in [0.15, 0.2) is 91.5 Å². The third kappa shape index (κ3) is 4.67. The minimum atomic E-state index is -4.04. The van der Waals surface area contributed by atoms with Crippen LogP contribution in [-0.2, 0) is 9.84 Å². The first-order chi connectivity index (χ1) is 15.6. The molecule has 4 rings (SSSR count). The Bertz CT molecular complexity index is 1390. The number of rotatable bonds is 4. The maximum Gasteiger partial charge on any atom is 0.207 e. The lowest BCUT2D eigenvalue weighted by Crippen LogP contribution is -2.07. The molecule has 0 bridgehead atoms. The molecule has 0 aliphatic carbocycles. The summed E-state index contributed by atoms with van der Waals surface area (Å²) >= 11 is 6.27. The first-order valence-corrected chi connectivity index (χ1v) is 13.0. The molecule has 0 aromatic heterocycles. The third-order valence-electron chi connectivity index (χ3n) is 5.31. The Morgan fingerprint density at radius 2 is 1.00 bits per heavy atom. The molecule has 0 spiro atoms. The number of sulfone groups is 1. The Kier molecular flexibility index (Phi) is 6.58. The lowest BCUT2D eigenvalue weighted by atomic mass is 10.0. The topological polar surface area (TPSA) is 34.1 Å². The van der Waals surface area contributed by atoms with Gasteiger partial charge < -0.3 is 0 Å². The van der Waals surface area contributed by atoms with Crippen molar-refractivity contribution >= 4 is 41.7 Å². The van der Waals surface area contributed by atoms with Gasteiger partial charge in [0.2, 0.25) is 9.84 Å². The quantitative estimate of drug-likeness (QED) is 0.239. The molecular weight excluding hydrogens is 574 g/mol. The highest BCUT2D eigenvalue weighted by molar-refractivity contribution is 9.10. The lowest BCUT2D eigenvalue weighted by Gasteiger charge is -2.16.